The number of nitro groups is 1. The molecule has 0 bridgehead atoms. The lowest BCUT2D eigenvalue weighted by Gasteiger charge is -1.98. The summed E-state index contributed by atoms with van der Waals surface area (Å²) >= 11 is 0. The van der Waals surface area contributed by atoms with Gasteiger partial charge < -0.3 is 0 Å². The van der Waals surface area contributed by atoms with Crippen LogP contribution in [-0.4, -0.2) is 20.5 Å². The second-order valence-corrected chi connectivity index (χ2v) is 5.41. The molecule has 0 saturated carbocycles. The van der Waals surface area contributed by atoms with Crippen LogP contribution in [0, 0.1) is 17.0 Å². The number of ketones is 1. The van der Waals surface area contributed by atoms with E-state index >= 15 is 0 Å². The van der Waals surface area contributed by atoms with Crippen LogP contribution in [0.2, 0.25) is 0 Å². The highest BCUT2D eigenvalue weighted by Gasteiger charge is 2.15. The maximum atomic E-state index is 12.2. The number of carbonyl (C=O) groups is 1. The summed E-state index contributed by atoms with van der Waals surface area (Å²) in [5, 5.41) is 14.8. The third-order valence-corrected chi connectivity index (χ3v) is 3.62. The number of nitrogens with zero attached hydrogens (tertiary/aromatic N) is 4. The lowest BCUT2D eigenvalue weighted by Crippen LogP contribution is -2.27. The summed E-state index contributed by atoms with van der Waals surface area (Å²) in [7, 11) is 0. The summed E-state index contributed by atoms with van der Waals surface area (Å²) in [5.74, 6) is -0.163. The largest absolute Gasteiger partial charge is 0.290 e. The third kappa shape index (κ3) is 3.35. The van der Waals surface area contributed by atoms with Gasteiger partial charge in [-0.1, -0.05) is 17.7 Å². The molecule has 7 nitrogen and oxygen atoms in total. The quantitative estimate of drug-likeness (QED) is 0.312. The first-order chi connectivity index (χ1) is 11.5. The molecule has 0 aliphatic carbocycles. The minimum absolute atomic E-state index is 0.0390. The topological polar surface area (TPSA) is 81.9 Å². The van der Waals surface area contributed by atoms with Crippen molar-refractivity contribution >= 4 is 11.5 Å². The Morgan fingerprint density at radius 1 is 1.17 bits per heavy atom. The van der Waals surface area contributed by atoms with Crippen molar-refractivity contribution in [3.8, 4) is 5.69 Å². The highest BCUT2D eigenvalue weighted by atomic mass is 16.6. The number of aryl methyl sites for hydroxylation is 1. The fourth-order valence-electron chi connectivity index (χ4n) is 2.26. The monoisotopic (exact) mass is 323 g/mol. The summed E-state index contributed by atoms with van der Waals surface area (Å²) in [4.78, 5) is 22.4. The molecule has 0 unspecified atom stereocenters. The predicted octanol–water partition coefficient (Wildman–Crippen LogP) is 2.26. The summed E-state index contributed by atoms with van der Waals surface area (Å²) in [6.07, 6.45) is 3.36. The van der Waals surface area contributed by atoms with Gasteiger partial charge in [0.05, 0.1) is 4.92 Å². The van der Waals surface area contributed by atoms with Gasteiger partial charge in [-0.3, -0.25) is 14.9 Å². The molecule has 3 rings (SSSR count). The van der Waals surface area contributed by atoms with Crippen LogP contribution in [0.25, 0.3) is 5.69 Å². The van der Waals surface area contributed by atoms with Crippen molar-refractivity contribution in [1.82, 2.24) is 9.78 Å². The second kappa shape index (κ2) is 6.41. The zero-order valence-corrected chi connectivity index (χ0v) is 13.0. The van der Waals surface area contributed by atoms with Gasteiger partial charge in [0, 0.05) is 22.8 Å². The van der Waals surface area contributed by atoms with E-state index in [-0.39, 0.29) is 18.0 Å². The molecule has 3 aromatic rings. The van der Waals surface area contributed by atoms with Crippen molar-refractivity contribution in [2.24, 2.45) is 0 Å². The standard InChI is InChI=1S/C17H15N4O3/c1-13-2-6-15(7-3-13)19-11-18-20(12-19)10-17(22)14-4-8-16(9-5-14)21(23)24/h2-9,11-12H,10H2,1H3/q+1. The third-order valence-electron chi connectivity index (χ3n) is 3.62. The van der Waals surface area contributed by atoms with E-state index in [4.69, 9.17) is 0 Å². The number of benzene rings is 2. The van der Waals surface area contributed by atoms with Crippen molar-refractivity contribution in [3.63, 3.8) is 0 Å². The van der Waals surface area contributed by atoms with Crippen molar-refractivity contribution < 1.29 is 14.3 Å². The highest BCUT2D eigenvalue weighted by molar-refractivity contribution is 5.96. The molecular weight excluding hydrogens is 308 g/mol. The Hall–Kier alpha value is -3.35. The van der Waals surface area contributed by atoms with Crippen LogP contribution < -0.4 is 4.57 Å². The molecule has 0 aliphatic rings. The van der Waals surface area contributed by atoms with E-state index in [1.54, 1.807) is 12.7 Å². The summed E-state index contributed by atoms with van der Waals surface area (Å²) < 4.78 is 3.35. The van der Waals surface area contributed by atoms with E-state index in [9.17, 15) is 14.9 Å². The first-order valence-corrected chi connectivity index (χ1v) is 7.31. The van der Waals surface area contributed by atoms with Gasteiger partial charge in [0.1, 0.15) is 5.69 Å². The fourth-order valence-corrected chi connectivity index (χ4v) is 2.26. The van der Waals surface area contributed by atoms with Gasteiger partial charge in [0.15, 0.2) is 12.3 Å². The molecule has 0 saturated heterocycles. The van der Waals surface area contributed by atoms with Gasteiger partial charge in [-0.05, 0) is 31.2 Å². The van der Waals surface area contributed by atoms with E-state index in [1.807, 2.05) is 35.8 Å². The van der Waals surface area contributed by atoms with Crippen LogP contribution in [-0.2, 0) is 6.54 Å². The number of rotatable bonds is 5. The molecule has 0 fully saturated rings. The summed E-state index contributed by atoms with van der Waals surface area (Å²) in [6.45, 7) is 2.08. The molecule has 1 heterocycles. The van der Waals surface area contributed by atoms with E-state index < -0.39 is 4.92 Å². The van der Waals surface area contributed by atoms with Crippen LogP contribution >= 0.6 is 0 Å². The maximum Gasteiger partial charge on any atom is 0.270 e. The normalized spacial score (nSPS) is 10.5. The van der Waals surface area contributed by atoms with Crippen LogP contribution in [0.15, 0.2) is 61.2 Å². The number of hydrogen-bond donors (Lipinski definition) is 0. The van der Waals surface area contributed by atoms with Crippen molar-refractivity contribution in [2.75, 3.05) is 0 Å². The molecule has 7 heteroatoms. The number of aromatic nitrogens is 3. The molecule has 2 aromatic carbocycles. The van der Waals surface area contributed by atoms with Crippen molar-refractivity contribution in [2.45, 2.75) is 13.5 Å². The first-order valence-electron chi connectivity index (χ1n) is 7.31. The molecule has 0 atom stereocenters. The molecule has 24 heavy (non-hydrogen) atoms. The maximum absolute atomic E-state index is 12.2. The Kier molecular flexibility index (Phi) is 4.15. The fraction of sp³-hybridized carbons (Fsp3) is 0.118. The number of Topliss-reactive ketones (excluding diaryl/α,β-unsaturated/α-hetero) is 1. The molecule has 0 N–H and O–H groups in total. The van der Waals surface area contributed by atoms with Gasteiger partial charge >= 0.3 is 0 Å². The SMILES string of the molecule is Cc1ccc(-[n+]2cnn(CC(=O)c3ccc([N+](=O)[O-])cc3)c2)cc1. The second-order valence-electron chi connectivity index (χ2n) is 5.41. The van der Waals surface area contributed by atoms with Crippen LogP contribution in [0.4, 0.5) is 5.69 Å². The van der Waals surface area contributed by atoms with E-state index in [0.717, 1.165) is 5.69 Å². The van der Waals surface area contributed by atoms with Crippen molar-refractivity contribution in [1.29, 1.82) is 0 Å². The number of hydrogen-bond acceptors (Lipinski definition) is 4. The molecule has 0 aliphatic heterocycles. The van der Waals surface area contributed by atoms with Crippen LogP contribution in [0.3, 0.4) is 0 Å². The highest BCUT2D eigenvalue weighted by Crippen LogP contribution is 2.12. The first kappa shape index (κ1) is 15.5. The van der Waals surface area contributed by atoms with E-state index in [0.29, 0.717) is 5.56 Å². The van der Waals surface area contributed by atoms with Gasteiger partial charge in [0.2, 0.25) is 6.33 Å². The zero-order chi connectivity index (χ0) is 17.1. The van der Waals surface area contributed by atoms with E-state index in [1.165, 1.54) is 34.5 Å². The number of carbonyl (C=O) groups excluding carboxylic acids is 1. The molecule has 0 spiro atoms. The number of nitro benzene ring substituents is 1. The smallest absolute Gasteiger partial charge is 0.270 e. The Morgan fingerprint density at radius 2 is 1.83 bits per heavy atom. The lowest BCUT2D eigenvalue weighted by molar-refractivity contribution is -0.596. The Morgan fingerprint density at radius 3 is 2.46 bits per heavy atom. The molecule has 0 amide bonds. The van der Waals surface area contributed by atoms with E-state index in [2.05, 4.69) is 5.10 Å². The van der Waals surface area contributed by atoms with Gasteiger partial charge in [-0.15, -0.1) is 4.68 Å². The summed E-state index contributed by atoms with van der Waals surface area (Å²) in [6, 6.07) is 13.5. The van der Waals surface area contributed by atoms with Crippen LogP contribution in [0.5, 0.6) is 0 Å². The average molecular weight is 323 g/mol. The van der Waals surface area contributed by atoms with Crippen molar-refractivity contribution in [3.05, 3.63) is 82.4 Å². The average Bonchev–Trinajstić information content (AvgIpc) is 3.04. The molecular formula is C17H15N4O3+. The zero-order valence-electron chi connectivity index (χ0n) is 13.0. The predicted molar refractivity (Wildman–Crippen MR) is 85.9 cm³/mol. The Bertz CT molecular complexity index is 883. The molecule has 1 aromatic heterocycles. The minimum Gasteiger partial charge on any atom is -0.290 e. The lowest BCUT2D eigenvalue weighted by atomic mass is 10.1. The summed E-state index contributed by atoms with van der Waals surface area (Å²) in [5.41, 5.74) is 2.50. The van der Waals surface area contributed by atoms with Gasteiger partial charge in [-0.25, -0.2) is 4.57 Å². The van der Waals surface area contributed by atoms with Gasteiger partial charge in [0.25, 0.3) is 12.0 Å². The molecule has 120 valence electrons. The molecule has 0 radical (unpaired) electrons. The van der Waals surface area contributed by atoms with Crippen LogP contribution in [0.1, 0.15) is 15.9 Å². The number of non-ortho nitro benzene ring substituents is 1. The van der Waals surface area contributed by atoms with Gasteiger partial charge in [-0.2, -0.15) is 0 Å². The minimum atomic E-state index is -0.494. The Balaban J connectivity index is 1.73. The Labute approximate surface area is 137 Å².